The van der Waals surface area contributed by atoms with E-state index in [1.807, 2.05) is 0 Å². The number of nitro groups is 1. The van der Waals surface area contributed by atoms with Crippen molar-refractivity contribution in [1.82, 2.24) is 23.1 Å². The number of aryl methyl sites for hydroxylation is 1. The summed E-state index contributed by atoms with van der Waals surface area (Å²) in [5.74, 6) is 0.377. The van der Waals surface area contributed by atoms with Gasteiger partial charge in [0.15, 0.2) is 11.2 Å². The minimum atomic E-state index is -0.491. The highest BCUT2D eigenvalue weighted by molar-refractivity contribution is 6.30. The second-order valence-corrected chi connectivity index (χ2v) is 7.73. The lowest BCUT2D eigenvalue weighted by atomic mass is 10.1. The van der Waals surface area contributed by atoms with Gasteiger partial charge in [0.1, 0.15) is 0 Å². The molecule has 0 radical (unpaired) electrons. The molecular weight excluding hydrogens is 436 g/mol. The zero-order chi connectivity index (χ0) is 22.7. The summed E-state index contributed by atoms with van der Waals surface area (Å²) in [6.07, 6.45) is 1.68. The Kier molecular flexibility index (Phi) is 4.28. The van der Waals surface area contributed by atoms with E-state index < -0.39 is 16.2 Å². The van der Waals surface area contributed by atoms with E-state index in [-0.39, 0.29) is 16.9 Å². The van der Waals surface area contributed by atoms with Gasteiger partial charge in [-0.25, -0.2) is 4.79 Å². The van der Waals surface area contributed by atoms with Gasteiger partial charge in [0, 0.05) is 48.7 Å². The fraction of sp³-hybridized carbons (Fsp3) is 0.0952. The van der Waals surface area contributed by atoms with Crippen LogP contribution in [-0.2, 0) is 14.1 Å². The first-order valence-electron chi connectivity index (χ1n) is 9.48. The van der Waals surface area contributed by atoms with Crippen molar-refractivity contribution in [2.45, 2.75) is 0 Å². The van der Waals surface area contributed by atoms with Gasteiger partial charge < -0.3 is 0 Å². The van der Waals surface area contributed by atoms with E-state index in [9.17, 15) is 19.7 Å². The second-order valence-electron chi connectivity index (χ2n) is 7.29. The number of aromatic nitrogens is 5. The lowest BCUT2D eigenvalue weighted by Crippen LogP contribution is -2.37. The van der Waals surface area contributed by atoms with E-state index in [1.54, 1.807) is 58.6 Å². The summed E-state index contributed by atoms with van der Waals surface area (Å²) >= 11 is 6.06. The summed E-state index contributed by atoms with van der Waals surface area (Å²) in [5, 5.41) is 11.9. The molecule has 3 heterocycles. The quantitative estimate of drug-likeness (QED) is 0.310. The minimum Gasteiger partial charge on any atom is -0.279 e. The highest BCUT2D eigenvalue weighted by atomic mass is 35.5. The number of benzene rings is 2. The topological polar surface area (TPSA) is 109 Å². The monoisotopic (exact) mass is 450 g/mol. The molecule has 0 aliphatic carbocycles. The normalized spacial score (nSPS) is 11.5. The lowest BCUT2D eigenvalue weighted by molar-refractivity contribution is -0.384. The van der Waals surface area contributed by atoms with Gasteiger partial charge >= 0.3 is 5.69 Å². The molecule has 0 aliphatic rings. The van der Waals surface area contributed by atoms with Crippen molar-refractivity contribution in [3.05, 3.63) is 90.7 Å². The molecule has 0 saturated heterocycles. The molecule has 160 valence electrons. The predicted octanol–water partition coefficient (Wildman–Crippen LogP) is 2.90. The van der Waals surface area contributed by atoms with E-state index in [4.69, 9.17) is 11.6 Å². The zero-order valence-corrected chi connectivity index (χ0v) is 17.6. The first kappa shape index (κ1) is 19.8. The Bertz CT molecular complexity index is 1670. The number of imidazole rings is 2. The number of hydrogen-bond acceptors (Lipinski definition) is 5. The van der Waals surface area contributed by atoms with Crippen LogP contribution in [0.2, 0.25) is 5.02 Å². The maximum Gasteiger partial charge on any atom is 0.332 e. The average Bonchev–Trinajstić information content (AvgIpc) is 3.33. The molecule has 32 heavy (non-hydrogen) atoms. The van der Waals surface area contributed by atoms with E-state index >= 15 is 0 Å². The molecule has 0 spiro atoms. The average molecular weight is 451 g/mol. The molecule has 11 heteroatoms. The molecule has 0 N–H and O–H groups in total. The largest absolute Gasteiger partial charge is 0.332 e. The first-order chi connectivity index (χ1) is 15.3. The van der Waals surface area contributed by atoms with Crippen molar-refractivity contribution in [3.63, 3.8) is 0 Å². The summed E-state index contributed by atoms with van der Waals surface area (Å²) in [7, 11) is 2.95. The number of nitrogens with zero attached hydrogens (tertiary/aromatic N) is 6. The lowest BCUT2D eigenvalue weighted by Gasteiger charge is -2.09. The Balaban J connectivity index is 1.94. The van der Waals surface area contributed by atoms with E-state index in [0.717, 1.165) is 4.57 Å². The van der Waals surface area contributed by atoms with E-state index in [0.29, 0.717) is 27.7 Å². The van der Waals surface area contributed by atoms with Crippen LogP contribution in [-0.4, -0.2) is 28.0 Å². The molecule has 2 aromatic carbocycles. The Morgan fingerprint density at radius 3 is 2.44 bits per heavy atom. The molecular formula is C21H15ClN6O4. The Hall–Kier alpha value is -4.18. The molecule has 10 nitrogen and oxygen atoms in total. The Morgan fingerprint density at radius 2 is 1.75 bits per heavy atom. The molecule has 0 saturated carbocycles. The van der Waals surface area contributed by atoms with Crippen molar-refractivity contribution < 1.29 is 4.92 Å². The maximum absolute atomic E-state index is 12.9. The van der Waals surface area contributed by atoms with Crippen LogP contribution >= 0.6 is 11.6 Å². The third-order valence-corrected chi connectivity index (χ3v) is 5.65. The maximum atomic E-state index is 12.9. The SMILES string of the molecule is Cn1c(=O)c2c(nc3n(-c4ccc(Cl)cc4)c(-c4cccc([N+](=O)[O-])c4)cn23)n(C)c1=O. The highest BCUT2D eigenvalue weighted by Crippen LogP contribution is 2.31. The van der Waals surface area contributed by atoms with Gasteiger partial charge in [0.05, 0.1) is 10.6 Å². The molecule has 0 fully saturated rings. The molecule has 0 bridgehead atoms. The Morgan fingerprint density at radius 1 is 1.03 bits per heavy atom. The standard InChI is InChI=1S/C21H15ClN6O4/c1-24-18-17(19(29)25(2)21(24)30)26-11-16(12-4-3-5-15(10-12)28(31)32)27(20(26)23-18)14-8-6-13(22)7-9-14/h3-11H,1-2H3. The smallest absolute Gasteiger partial charge is 0.279 e. The molecule has 0 amide bonds. The Labute approximate surface area is 184 Å². The molecule has 3 aromatic heterocycles. The number of non-ortho nitro benzene ring substituents is 1. The van der Waals surface area contributed by atoms with Crippen LogP contribution in [0.1, 0.15) is 0 Å². The number of hydrogen-bond donors (Lipinski definition) is 0. The summed E-state index contributed by atoms with van der Waals surface area (Å²) in [6.45, 7) is 0. The number of fused-ring (bicyclic) bond motifs is 3. The third kappa shape index (κ3) is 2.77. The number of nitro benzene ring substituents is 1. The first-order valence-corrected chi connectivity index (χ1v) is 9.86. The van der Waals surface area contributed by atoms with E-state index in [2.05, 4.69) is 4.98 Å². The van der Waals surface area contributed by atoms with Crippen molar-refractivity contribution in [2.75, 3.05) is 0 Å². The van der Waals surface area contributed by atoms with Crippen LogP contribution in [0.4, 0.5) is 5.69 Å². The van der Waals surface area contributed by atoms with Gasteiger partial charge in [-0.3, -0.25) is 33.0 Å². The molecule has 0 aliphatic heterocycles. The molecule has 0 unspecified atom stereocenters. The van der Waals surface area contributed by atoms with Gasteiger partial charge in [-0.05, 0) is 24.3 Å². The second kappa shape index (κ2) is 6.92. The van der Waals surface area contributed by atoms with Crippen LogP contribution in [0.5, 0.6) is 0 Å². The van der Waals surface area contributed by atoms with Crippen LogP contribution in [0.15, 0.2) is 64.3 Å². The predicted molar refractivity (Wildman–Crippen MR) is 120 cm³/mol. The summed E-state index contributed by atoms with van der Waals surface area (Å²) in [5.41, 5.74) is 1.25. The fourth-order valence-electron chi connectivity index (χ4n) is 3.80. The van der Waals surface area contributed by atoms with Gasteiger partial charge in [-0.15, -0.1) is 0 Å². The summed E-state index contributed by atoms with van der Waals surface area (Å²) in [6, 6.07) is 13.2. The van der Waals surface area contributed by atoms with Crippen LogP contribution in [0.25, 0.3) is 33.9 Å². The number of halogens is 1. The van der Waals surface area contributed by atoms with Crippen LogP contribution in [0, 0.1) is 10.1 Å². The van der Waals surface area contributed by atoms with Gasteiger partial charge in [0.2, 0.25) is 5.78 Å². The third-order valence-electron chi connectivity index (χ3n) is 5.40. The van der Waals surface area contributed by atoms with Crippen LogP contribution < -0.4 is 11.2 Å². The van der Waals surface area contributed by atoms with Crippen molar-refractivity contribution >= 4 is 34.2 Å². The number of rotatable bonds is 3. The van der Waals surface area contributed by atoms with Gasteiger partial charge in [-0.2, -0.15) is 4.98 Å². The van der Waals surface area contributed by atoms with Crippen molar-refractivity contribution in [1.29, 1.82) is 0 Å². The van der Waals surface area contributed by atoms with Crippen molar-refractivity contribution in [3.8, 4) is 16.9 Å². The van der Waals surface area contributed by atoms with Crippen LogP contribution in [0.3, 0.4) is 0 Å². The molecule has 5 aromatic rings. The summed E-state index contributed by atoms with van der Waals surface area (Å²) < 4.78 is 5.69. The summed E-state index contributed by atoms with van der Waals surface area (Å²) in [4.78, 5) is 40.7. The zero-order valence-electron chi connectivity index (χ0n) is 16.9. The van der Waals surface area contributed by atoms with Crippen molar-refractivity contribution in [2.24, 2.45) is 14.1 Å². The highest BCUT2D eigenvalue weighted by Gasteiger charge is 2.22. The molecule has 5 rings (SSSR count). The molecule has 0 atom stereocenters. The fourth-order valence-corrected chi connectivity index (χ4v) is 3.92. The van der Waals surface area contributed by atoms with Gasteiger partial charge in [0.25, 0.3) is 11.2 Å². The van der Waals surface area contributed by atoms with E-state index in [1.165, 1.54) is 23.7 Å². The van der Waals surface area contributed by atoms with Gasteiger partial charge in [-0.1, -0.05) is 23.7 Å². The minimum absolute atomic E-state index is 0.0628.